The van der Waals surface area contributed by atoms with Gasteiger partial charge >= 0.3 is 0 Å². The predicted molar refractivity (Wildman–Crippen MR) is 115 cm³/mol. The molecule has 0 aliphatic rings. The fourth-order valence-corrected chi connectivity index (χ4v) is 4.17. The number of hydrogen-bond acceptors (Lipinski definition) is 3. The highest BCUT2D eigenvalue weighted by molar-refractivity contribution is 7.92. The van der Waals surface area contributed by atoms with Crippen molar-refractivity contribution in [1.29, 1.82) is 0 Å². The molecule has 0 aliphatic heterocycles. The maximum absolute atomic E-state index is 14.1. The second-order valence-corrected chi connectivity index (χ2v) is 9.46. The zero-order chi connectivity index (χ0) is 21.4. The molecule has 0 radical (unpaired) electrons. The summed E-state index contributed by atoms with van der Waals surface area (Å²) in [6.07, 6.45) is 2.28. The zero-order valence-corrected chi connectivity index (χ0v) is 18.0. The summed E-state index contributed by atoms with van der Waals surface area (Å²) < 4.78 is 39.3. The largest absolute Gasteiger partial charge is 0.349 e. The monoisotopic (exact) mass is 420 g/mol. The van der Waals surface area contributed by atoms with Gasteiger partial charge in [0.1, 0.15) is 5.82 Å². The molecule has 29 heavy (non-hydrogen) atoms. The van der Waals surface area contributed by atoms with Crippen LogP contribution >= 0.6 is 0 Å². The van der Waals surface area contributed by atoms with Gasteiger partial charge in [0.2, 0.25) is 15.9 Å². The van der Waals surface area contributed by atoms with Gasteiger partial charge in [0.15, 0.2) is 0 Å². The van der Waals surface area contributed by atoms with E-state index in [0.29, 0.717) is 5.92 Å². The molecule has 1 amide bonds. The summed E-state index contributed by atoms with van der Waals surface area (Å²) in [5.41, 5.74) is 1.04. The lowest BCUT2D eigenvalue weighted by molar-refractivity contribution is -0.122. The number of anilines is 1. The van der Waals surface area contributed by atoms with E-state index in [1.54, 1.807) is 6.07 Å². The lowest BCUT2D eigenvalue weighted by Gasteiger charge is -2.24. The van der Waals surface area contributed by atoms with Gasteiger partial charge in [-0.25, -0.2) is 12.8 Å². The molecule has 158 valence electrons. The van der Waals surface area contributed by atoms with Crippen LogP contribution in [0.1, 0.15) is 44.7 Å². The third-order valence-corrected chi connectivity index (χ3v) is 5.71. The number of rotatable bonds is 10. The Bertz CT molecular complexity index is 901. The first-order valence-corrected chi connectivity index (χ1v) is 11.6. The van der Waals surface area contributed by atoms with E-state index in [-0.39, 0.29) is 37.0 Å². The molecule has 2 rings (SSSR count). The van der Waals surface area contributed by atoms with E-state index in [1.165, 1.54) is 18.2 Å². The second kappa shape index (κ2) is 10.4. The Hall–Kier alpha value is -2.41. The molecular weight excluding hydrogens is 391 g/mol. The second-order valence-electron chi connectivity index (χ2n) is 7.55. The Balaban J connectivity index is 2.00. The van der Waals surface area contributed by atoms with Crippen LogP contribution in [0.4, 0.5) is 10.1 Å². The number of nitrogens with one attached hydrogen (secondary N) is 1. The van der Waals surface area contributed by atoms with Crippen LogP contribution in [0.2, 0.25) is 0 Å². The highest BCUT2D eigenvalue weighted by atomic mass is 32.2. The molecule has 2 aromatic rings. The van der Waals surface area contributed by atoms with E-state index in [4.69, 9.17) is 0 Å². The van der Waals surface area contributed by atoms with E-state index < -0.39 is 15.8 Å². The quantitative estimate of drug-likeness (QED) is 0.624. The highest BCUT2D eigenvalue weighted by Crippen LogP contribution is 2.23. The third kappa shape index (κ3) is 7.16. The van der Waals surface area contributed by atoms with Gasteiger partial charge in [-0.15, -0.1) is 0 Å². The molecule has 5 nitrogen and oxygen atoms in total. The highest BCUT2D eigenvalue weighted by Gasteiger charge is 2.21. The normalized spacial score (nSPS) is 12.6. The van der Waals surface area contributed by atoms with Gasteiger partial charge in [-0.3, -0.25) is 9.10 Å². The molecule has 0 bridgehead atoms. The Labute approximate surface area is 173 Å². The number of benzene rings is 2. The Morgan fingerprint density at radius 2 is 1.69 bits per heavy atom. The molecule has 0 aliphatic carbocycles. The Morgan fingerprint density at radius 1 is 1.07 bits per heavy atom. The van der Waals surface area contributed by atoms with Gasteiger partial charge in [0, 0.05) is 13.0 Å². The minimum atomic E-state index is -3.66. The third-order valence-electron chi connectivity index (χ3n) is 4.53. The van der Waals surface area contributed by atoms with Gasteiger partial charge in [-0.2, -0.15) is 0 Å². The summed E-state index contributed by atoms with van der Waals surface area (Å²) in [5.74, 6) is -0.354. The van der Waals surface area contributed by atoms with Crippen LogP contribution < -0.4 is 9.62 Å². The maximum atomic E-state index is 14.1. The summed E-state index contributed by atoms with van der Waals surface area (Å²) in [6, 6.07) is 15.4. The molecule has 0 spiro atoms. The van der Waals surface area contributed by atoms with Crippen molar-refractivity contribution < 1.29 is 17.6 Å². The van der Waals surface area contributed by atoms with Crippen molar-refractivity contribution in [3.63, 3.8) is 0 Å². The van der Waals surface area contributed by atoms with E-state index in [1.807, 2.05) is 30.3 Å². The Kier molecular flexibility index (Phi) is 8.20. The molecule has 0 unspecified atom stereocenters. The summed E-state index contributed by atoms with van der Waals surface area (Å²) in [6.45, 7) is 4.23. The summed E-state index contributed by atoms with van der Waals surface area (Å²) in [5, 5.41) is 3.05. The van der Waals surface area contributed by atoms with E-state index >= 15 is 0 Å². The standard InChI is InChI=1S/C22H29FN2O3S/c1-17(2)16-20(18-10-5-4-6-11-18)24-22(26)14-9-15-25(29(3,27)28)21-13-8-7-12-19(21)23/h4-8,10-13,17,20H,9,14-16H2,1-3H3,(H,24,26)/t20-/m1/s1. The number of amides is 1. The SMILES string of the molecule is CC(C)C[C@@H](NC(=O)CCCN(c1ccccc1F)S(C)(=O)=O)c1ccccc1. The number of carbonyl (C=O) groups is 1. The van der Waals surface area contributed by atoms with Gasteiger partial charge < -0.3 is 5.32 Å². The minimum Gasteiger partial charge on any atom is -0.349 e. The molecule has 0 saturated carbocycles. The van der Waals surface area contributed by atoms with Crippen LogP contribution in [-0.2, 0) is 14.8 Å². The molecule has 2 aromatic carbocycles. The lowest BCUT2D eigenvalue weighted by Crippen LogP contribution is -2.33. The number of halogens is 1. The zero-order valence-electron chi connectivity index (χ0n) is 17.1. The molecule has 7 heteroatoms. The van der Waals surface area contributed by atoms with E-state index in [0.717, 1.165) is 22.5 Å². The Morgan fingerprint density at radius 3 is 2.28 bits per heavy atom. The van der Waals surface area contributed by atoms with Crippen LogP contribution in [0, 0.1) is 11.7 Å². The van der Waals surface area contributed by atoms with Crippen LogP contribution in [0.3, 0.4) is 0 Å². The average molecular weight is 421 g/mol. The van der Waals surface area contributed by atoms with Crippen LogP contribution in [0.25, 0.3) is 0 Å². The summed E-state index contributed by atoms with van der Waals surface area (Å²) in [7, 11) is -3.66. The summed E-state index contributed by atoms with van der Waals surface area (Å²) >= 11 is 0. The van der Waals surface area contributed by atoms with Gasteiger partial charge in [0.05, 0.1) is 18.0 Å². The van der Waals surface area contributed by atoms with Gasteiger partial charge in [0.25, 0.3) is 0 Å². The molecular formula is C22H29FN2O3S. The first-order valence-electron chi connectivity index (χ1n) is 9.75. The molecule has 0 fully saturated rings. The van der Waals surface area contributed by atoms with Crippen LogP contribution in [-0.4, -0.2) is 27.1 Å². The molecule has 0 aromatic heterocycles. The van der Waals surface area contributed by atoms with Crippen molar-refractivity contribution in [2.75, 3.05) is 17.1 Å². The number of nitrogens with zero attached hydrogens (tertiary/aromatic N) is 1. The maximum Gasteiger partial charge on any atom is 0.232 e. The molecule has 1 N–H and O–H groups in total. The van der Waals surface area contributed by atoms with Crippen molar-refractivity contribution in [3.8, 4) is 0 Å². The predicted octanol–water partition coefficient (Wildman–Crippen LogP) is 4.28. The van der Waals surface area contributed by atoms with Crippen LogP contribution in [0.15, 0.2) is 54.6 Å². The van der Waals surface area contributed by atoms with E-state index in [2.05, 4.69) is 19.2 Å². The fourth-order valence-electron chi connectivity index (χ4n) is 3.20. The first-order chi connectivity index (χ1) is 13.7. The average Bonchev–Trinajstić information content (AvgIpc) is 2.65. The van der Waals surface area contributed by atoms with Crippen molar-refractivity contribution in [3.05, 3.63) is 66.0 Å². The lowest BCUT2D eigenvalue weighted by atomic mass is 9.97. The molecule has 1 atom stereocenters. The molecule has 0 saturated heterocycles. The minimum absolute atomic E-state index is 0.00243. The number of hydrogen-bond donors (Lipinski definition) is 1. The van der Waals surface area contributed by atoms with Crippen molar-refractivity contribution in [1.82, 2.24) is 5.32 Å². The topological polar surface area (TPSA) is 66.5 Å². The number of sulfonamides is 1. The summed E-state index contributed by atoms with van der Waals surface area (Å²) in [4.78, 5) is 12.5. The van der Waals surface area contributed by atoms with Gasteiger partial charge in [-0.05, 0) is 36.5 Å². The smallest absolute Gasteiger partial charge is 0.232 e. The van der Waals surface area contributed by atoms with Crippen LogP contribution in [0.5, 0.6) is 0 Å². The number of carbonyl (C=O) groups excluding carboxylic acids is 1. The first kappa shape index (κ1) is 22.9. The molecule has 0 heterocycles. The van der Waals surface area contributed by atoms with Gasteiger partial charge in [-0.1, -0.05) is 56.3 Å². The fraction of sp³-hybridized carbons (Fsp3) is 0.409. The van der Waals surface area contributed by atoms with E-state index in [9.17, 15) is 17.6 Å². The number of para-hydroxylation sites is 1. The van der Waals surface area contributed by atoms with Crippen molar-refractivity contribution in [2.45, 2.75) is 39.2 Å². The van der Waals surface area contributed by atoms with Crippen molar-refractivity contribution in [2.24, 2.45) is 5.92 Å². The van der Waals surface area contributed by atoms with Crippen molar-refractivity contribution >= 4 is 21.6 Å².